The Bertz CT molecular complexity index is 630. The van der Waals surface area contributed by atoms with E-state index in [2.05, 4.69) is 4.98 Å². The molecule has 0 amide bonds. The highest BCUT2D eigenvalue weighted by molar-refractivity contribution is 6.29. The second-order valence-corrected chi connectivity index (χ2v) is 4.35. The molecule has 6 heteroatoms. The number of carboxylic acids is 1. The molecule has 0 saturated heterocycles. The number of aromatic carboxylic acids is 1. The van der Waals surface area contributed by atoms with Gasteiger partial charge in [0.05, 0.1) is 12.7 Å². The third kappa shape index (κ3) is 3.61. The molecule has 0 unspecified atom stereocenters. The highest BCUT2D eigenvalue weighted by Crippen LogP contribution is 2.19. The minimum Gasteiger partial charge on any atom is -0.497 e. The van der Waals surface area contributed by atoms with E-state index < -0.39 is 5.97 Å². The van der Waals surface area contributed by atoms with Gasteiger partial charge < -0.3 is 14.6 Å². The van der Waals surface area contributed by atoms with Crippen LogP contribution in [-0.4, -0.2) is 23.2 Å². The molecule has 1 heterocycles. The molecule has 0 aliphatic carbocycles. The second-order valence-electron chi connectivity index (χ2n) is 3.96. The third-order valence-corrected chi connectivity index (χ3v) is 2.73. The standard InChI is InChI=1S/C14H12ClNO4/c1-19-11-4-2-3-9(5-11)8-20-13-7-10(14(17)18)6-12(15)16-13/h2-7H,8H2,1H3,(H,17,18). The molecule has 1 aromatic carbocycles. The number of hydrogen-bond acceptors (Lipinski definition) is 4. The summed E-state index contributed by atoms with van der Waals surface area (Å²) in [6, 6.07) is 9.94. The Morgan fingerprint density at radius 3 is 2.85 bits per heavy atom. The zero-order chi connectivity index (χ0) is 14.5. The maximum Gasteiger partial charge on any atom is 0.335 e. The summed E-state index contributed by atoms with van der Waals surface area (Å²) in [5, 5.41) is 9.00. The molecule has 1 N–H and O–H groups in total. The highest BCUT2D eigenvalue weighted by atomic mass is 35.5. The Morgan fingerprint density at radius 1 is 1.35 bits per heavy atom. The van der Waals surface area contributed by atoms with E-state index in [1.54, 1.807) is 7.11 Å². The summed E-state index contributed by atoms with van der Waals surface area (Å²) in [6.45, 7) is 0.240. The zero-order valence-electron chi connectivity index (χ0n) is 10.7. The van der Waals surface area contributed by atoms with Crippen molar-refractivity contribution in [2.75, 3.05) is 7.11 Å². The van der Waals surface area contributed by atoms with Gasteiger partial charge in [-0.1, -0.05) is 23.7 Å². The van der Waals surface area contributed by atoms with Crippen LogP contribution >= 0.6 is 11.6 Å². The van der Waals surface area contributed by atoms with Crippen LogP contribution in [0.3, 0.4) is 0 Å². The van der Waals surface area contributed by atoms with Gasteiger partial charge in [-0.3, -0.25) is 0 Å². The summed E-state index contributed by atoms with van der Waals surface area (Å²) >= 11 is 5.75. The van der Waals surface area contributed by atoms with E-state index in [0.717, 1.165) is 11.3 Å². The van der Waals surface area contributed by atoms with E-state index in [1.807, 2.05) is 24.3 Å². The Kier molecular flexibility index (Phi) is 4.42. The molecule has 0 saturated carbocycles. The molecule has 20 heavy (non-hydrogen) atoms. The minimum absolute atomic E-state index is 0.0330. The van der Waals surface area contributed by atoms with E-state index in [1.165, 1.54) is 12.1 Å². The van der Waals surface area contributed by atoms with Crippen molar-refractivity contribution in [1.82, 2.24) is 4.98 Å². The largest absolute Gasteiger partial charge is 0.497 e. The molecule has 2 aromatic rings. The van der Waals surface area contributed by atoms with E-state index in [-0.39, 0.29) is 23.2 Å². The van der Waals surface area contributed by atoms with Gasteiger partial charge >= 0.3 is 5.97 Å². The van der Waals surface area contributed by atoms with Crippen LogP contribution < -0.4 is 9.47 Å². The lowest BCUT2D eigenvalue weighted by Gasteiger charge is -2.08. The number of carbonyl (C=O) groups is 1. The van der Waals surface area contributed by atoms with Crippen molar-refractivity contribution in [2.24, 2.45) is 0 Å². The quantitative estimate of drug-likeness (QED) is 0.858. The summed E-state index contributed by atoms with van der Waals surface area (Å²) in [5.41, 5.74) is 0.911. The van der Waals surface area contributed by atoms with Crippen LogP contribution in [0.4, 0.5) is 0 Å². The van der Waals surface area contributed by atoms with Gasteiger partial charge in [0.25, 0.3) is 0 Å². The zero-order valence-corrected chi connectivity index (χ0v) is 11.4. The monoisotopic (exact) mass is 293 g/mol. The lowest BCUT2D eigenvalue weighted by Crippen LogP contribution is -2.02. The first-order valence-corrected chi connectivity index (χ1v) is 6.13. The molecule has 5 nitrogen and oxygen atoms in total. The lowest BCUT2D eigenvalue weighted by atomic mass is 10.2. The summed E-state index contributed by atoms with van der Waals surface area (Å²) in [6.07, 6.45) is 0. The molecule has 0 radical (unpaired) electrons. The molecular weight excluding hydrogens is 282 g/mol. The fourth-order valence-electron chi connectivity index (χ4n) is 1.59. The molecular formula is C14H12ClNO4. The smallest absolute Gasteiger partial charge is 0.335 e. The van der Waals surface area contributed by atoms with Crippen LogP contribution in [0.25, 0.3) is 0 Å². The first-order chi connectivity index (χ1) is 9.58. The number of pyridine rings is 1. The number of halogens is 1. The summed E-state index contributed by atoms with van der Waals surface area (Å²) in [4.78, 5) is 14.8. The number of rotatable bonds is 5. The van der Waals surface area contributed by atoms with Crippen LogP contribution in [0.1, 0.15) is 15.9 Å². The number of aromatic nitrogens is 1. The molecule has 104 valence electrons. The molecule has 0 aliphatic heterocycles. The SMILES string of the molecule is COc1cccc(COc2cc(C(=O)O)cc(Cl)n2)c1. The van der Waals surface area contributed by atoms with Crippen LogP contribution in [-0.2, 0) is 6.61 Å². The number of nitrogens with zero attached hydrogens (tertiary/aromatic N) is 1. The normalized spacial score (nSPS) is 10.1. The lowest BCUT2D eigenvalue weighted by molar-refractivity contribution is 0.0696. The molecule has 2 rings (SSSR count). The maximum atomic E-state index is 10.9. The summed E-state index contributed by atoms with van der Waals surface area (Å²) in [7, 11) is 1.58. The second kappa shape index (κ2) is 6.25. The van der Waals surface area contributed by atoms with Crippen LogP contribution in [0.2, 0.25) is 5.15 Å². The molecule has 1 aromatic heterocycles. The number of carboxylic acid groups (broad SMARTS) is 1. The average Bonchev–Trinajstić information content (AvgIpc) is 2.44. The Morgan fingerprint density at radius 2 is 2.15 bits per heavy atom. The van der Waals surface area contributed by atoms with Gasteiger partial charge in [0, 0.05) is 6.07 Å². The van der Waals surface area contributed by atoms with Crippen molar-refractivity contribution < 1.29 is 19.4 Å². The number of benzene rings is 1. The van der Waals surface area contributed by atoms with Crippen molar-refractivity contribution in [3.05, 3.63) is 52.7 Å². The molecule has 0 fully saturated rings. The van der Waals surface area contributed by atoms with Crippen LogP contribution in [0, 0.1) is 0 Å². The minimum atomic E-state index is -1.08. The Hall–Kier alpha value is -2.27. The van der Waals surface area contributed by atoms with Crippen LogP contribution in [0.5, 0.6) is 11.6 Å². The Balaban J connectivity index is 2.12. The molecule has 0 atom stereocenters. The topological polar surface area (TPSA) is 68.7 Å². The maximum absolute atomic E-state index is 10.9. The van der Waals surface area contributed by atoms with Crippen molar-refractivity contribution in [2.45, 2.75) is 6.61 Å². The average molecular weight is 294 g/mol. The van der Waals surface area contributed by atoms with Crippen molar-refractivity contribution >= 4 is 17.6 Å². The van der Waals surface area contributed by atoms with E-state index in [0.29, 0.717) is 0 Å². The molecule has 0 aliphatic rings. The third-order valence-electron chi connectivity index (χ3n) is 2.54. The van der Waals surface area contributed by atoms with Gasteiger partial charge in [-0.2, -0.15) is 0 Å². The predicted octanol–water partition coefficient (Wildman–Crippen LogP) is 3.02. The highest BCUT2D eigenvalue weighted by Gasteiger charge is 2.08. The van der Waals surface area contributed by atoms with E-state index >= 15 is 0 Å². The number of hydrogen-bond donors (Lipinski definition) is 1. The van der Waals surface area contributed by atoms with Gasteiger partial charge in [-0.15, -0.1) is 0 Å². The fraction of sp³-hybridized carbons (Fsp3) is 0.143. The summed E-state index contributed by atoms with van der Waals surface area (Å²) in [5.74, 6) is -0.199. The van der Waals surface area contributed by atoms with Gasteiger partial charge in [0.1, 0.15) is 17.5 Å². The van der Waals surface area contributed by atoms with Crippen LogP contribution in [0.15, 0.2) is 36.4 Å². The fourth-order valence-corrected chi connectivity index (χ4v) is 1.79. The van der Waals surface area contributed by atoms with Gasteiger partial charge in [-0.05, 0) is 23.8 Å². The van der Waals surface area contributed by atoms with Gasteiger partial charge in [0.15, 0.2) is 0 Å². The van der Waals surface area contributed by atoms with E-state index in [4.69, 9.17) is 26.2 Å². The number of ether oxygens (including phenoxy) is 2. The van der Waals surface area contributed by atoms with Crippen molar-refractivity contribution in [1.29, 1.82) is 0 Å². The Labute approximate surface area is 120 Å². The molecule has 0 bridgehead atoms. The summed E-state index contributed by atoms with van der Waals surface area (Å²) < 4.78 is 10.6. The first-order valence-electron chi connectivity index (χ1n) is 5.75. The van der Waals surface area contributed by atoms with E-state index in [9.17, 15) is 4.79 Å². The van der Waals surface area contributed by atoms with Gasteiger partial charge in [0.2, 0.25) is 5.88 Å². The first kappa shape index (κ1) is 14.1. The molecule has 0 spiro atoms. The predicted molar refractivity (Wildman–Crippen MR) is 73.5 cm³/mol. The van der Waals surface area contributed by atoms with Crippen molar-refractivity contribution in [3.8, 4) is 11.6 Å². The van der Waals surface area contributed by atoms with Crippen molar-refractivity contribution in [3.63, 3.8) is 0 Å². The number of methoxy groups -OCH3 is 1. The van der Waals surface area contributed by atoms with Gasteiger partial charge in [-0.25, -0.2) is 9.78 Å².